The number of aromatic nitrogens is 1. The van der Waals surface area contributed by atoms with E-state index in [2.05, 4.69) is 10.6 Å². The standard InChI is InChI=1S/C19H22N4O5/c1-2-19(16(25)20-17(26)21-19)12-7-9-22(10-8-12)15(24)11-23-13-5-3-4-6-14(13)28-18(23)27/h3-6,12H,2,7-11H2,1H3,(H2,20,21,25,26)/t19-/m0/s1. The first-order chi connectivity index (χ1) is 13.4. The van der Waals surface area contributed by atoms with Crippen LogP contribution in [0.5, 0.6) is 0 Å². The highest BCUT2D eigenvalue weighted by molar-refractivity contribution is 6.07. The summed E-state index contributed by atoms with van der Waals surface area (Å²) in [5.41, 5.74) is 0.141. The Hall–Kier alpha value is -3.10. The van der Waals surface area contributed by atoms with Crippen molar-refractivity contribution in [3.63, 3.8) is 0 Å². The molecular formula is C19H22N4O5. The molecule has 9 heteroatoms. The zero-order valence-electron chi connectivity index (χ0n) is 15.6. The summed E-state index contributed by atoms with van der Waals surface area (Å²) >= 11 is 0. The van der Waals surface area contributed by atoms with Crippen LogP contribution in [0.4, 0.5) is 4.79 Å². The van der Waals surface area contributed by atoms with Crippen LogP contribution in [0.1, 0.15) is 26.2 Å². The van der Waals surface area contributed by atoms with Crippen LogP contribution in [0.15, 0.2) is 33.5 Å². The lowest BCUT2D eigenvalue weighted by Crippen LogP contribution is -2.56. The second-order valence-corrected chi connectivity index (χ2v) is 7.31. The van der Waals surface area contributed by atoms with E-state index in [-0.39, 0.29) is 24.3 Å². The molecule has 2 aliphatic heterocycles. The van der Waals surface area contributed by atoms with Crippen molar-refractivity contribution in [1.29, 1.82) is 0 Å². The van der Waals surface area contributed by atoms with Gasteiger partial charge in [-0.2, -0.15) is 0 Å². The third-order valence-corrected chi connectivity index (χ3v) is 5.94. The molecule has 9 nitrogen and oxygen atoms in total. The highest BCUT2D eigenvalue weighted by atomic mass is 16.4. The highest BCUT2D eigenvalue weighted by Crippen LogP contribution is 2.33. The molecule has 0 saturated carbocycles. The maximum Gasteiger partial charge on any atom is 0.420 e. The fourth-order valence-corrected chi connectivity index (χ4v) is 4.35. The van der Waals surface area contributed by atoms with Gasteiger partial charge in [0.15, 0.2) is 5.58 Å². The van der Waals surface area contributed by atoms with E-state index in [1.807, 2.05) is 6.92 Å². The summed E-state index contributed by atoms with van der Waals surface area (Å²) < 4.78 is 6.51. The van der Waals surface area contributed by atoms with E-state index in [4.69, 9.17) is 4.42 Å². The zero-order chi connectivity index (χ0) is 19.9. The molecule has 148 valence electrons. The van der Waals surface area contributed by atoms with E-state index < -0.39 is 17.3 Å². The lowest BCUT2D eigenvalue weighted by Gasteiger charge is -2.40. The fraction of sp³-hybridized carbons (Fsp3) is 0.474. The van der Waals surface area contributed by atoms with Crippen LogP contribution >= 0.6 is 0 Å². The maximum absolute atomic E-state index is 12.7. The van der Waals surface area contributed by atoms with E-state index in [0.29, 0.717) is 43.5 Å². The lowest BCUT2D eigenvalue weighted by molar-refractivity contribution is -0.134. The Labute approximate surface area is 160 Å². The van der Waals surface area contributed by atoms with Crippen LogP contribution in [0.25, 0.3) is 11.1 Å². The predicted molar refractivity (Wildman–Crippen MR) is 99.5 cm³/mol. The van der Waals surface area contributed by atoms with Crippen LogP contribution < -0.4 is 16.4 Å². The van der Waals surface area contributed by atoms with Crippen LogP contribution in [0.2, 0.25) is 0 Å². The minimum atomic E-state index is -0.899. The van der Waals surface area contributed by atoms with Crippen molar-refractivity contribution in [2.45, 2.75) is 38.3 Å². The largest absolute Gasteiger partial charge is 0.420 e. The number of oxazole rings is 1. The number of amides is 4. The summed E-state index contributed by atoms with van der Waals surface area (Å²) in [7, 11) is 0. The van der Waals surface area contributed by atoms with Crippen molar-refractivity contribution in [2.75, 3.05) is 13.1 Å². The minimum Gasteiger partial charge on any atom is -0.408 e. The molecule has 0 bridgehead atoms. The number of urea groups is 1. The molecule has 1 aromatic carbocycles. The summed E-state index contributed by atoms with van der Waals surface area (Å²) in [5, 5.41) is 5.11. The number of imide groups is 1. The molecule has 1 atom stereocenters. The topological polar surface area (TPSA) is 114 Å². The van der Waals surface area contributed by atoms with Crippen LogP contribution in [-0.2, 0) is 16.1 Å². The van der Waals surface area contributed by atoms with Gasteiger partial charge in [-0.25, -0.2) is 9.59 Å². The van der Waals surface area contributed by atoms with Gasteiger partial charge in [-0.3, -0.25) is 19.5 Å². The molecule has 4 amide bonds. The number of fused-ring (bicyclic) bond motifs is 1. The molecular weight excluding hydrogens is 364 g/mol. The number of likely N-dealkylation sites (tertiary alicyclic amines) is 1. The molecule has 0 spiro atoms. The maximum atomic E-state index is 12.7. The van der Waals surface area contributed by atoms with Gasteiger partial charge in [-0.15, -0.1) is 0 Å². The molecule has 2 N–H and O–H groups in total. The van der Waals surface area contributed by atoms with Crippen molar-refractivity contribution >= 4 is 28.9 Å². The van der Waals surface area contributed by atoms with Gasteiger partial charge in [0.2, 0.25) is 5.91 Å². The molecule has 2 fully saturated rings. The molecule has 28 heavy (non-hydrogen) atoms. The third kappa shape index (κ3) is 2.87. The number of carbonyl (C=O) groups excluding carboxylic acids is 3. The predicted octanol–water partition coefficient (Wildman–Crippen LogP) is 0.821. The second kappa shape index (κ2) is 6.81. The van der Waals surface area contributed by atoms with E-state index in [1.54, 1.807) is 29.2 Å². The highest BCUT2D eigenvalue weighted by Gasteiger charge is 2.51. The normalized spacial score (nSPS) is 23.1. The molecule has 2 saturated heterocycles. The number of nitrogens with one attached hydrogen (secondary N) is 2. The number of nitrogens with zero attached hydrogens (tertiary/aromatic N) is 2. The minimum absolute atomic E-state index is 0.0366. The molecule has 4 rings (SSSR count). The van der Waals surface area contributed by atoms with E-state index in [0.717, 1.165) is 0 Å². The monoisotopic (exact) mass is 386 g/mol. The SMILES string of the molecule is CC[C@@]1(C2CCN(C(=O)Cn3c(=O)oc4ccccc43)CC2)NC(=O)NC1=O. The summed E-state index contributed by atoms with van der Waals surface area (Å²) in [6.45, 7) is 2.73. The first-order valence-electron chi connectivity index (χ1n) is 9.44. The van der Waals surface area contributed by atoms with E-state index in [9.17, 15) is 19.2 Å². The average molecular weight is 386 g/mol. The Bertz CT molecular complexity index is 1000. The molecule has 3 heterocycles. The van der Waals surface area contributed by atoms with Gasteiger partial charge >= 0.3 is 11.8 Å². The average Bonchev–Trinajstić information content (AvgIpc) is 3.17. The van der Waals surface area contributed by atoms with Crippen molar-refractivity contribution in [3.8, 4) is 0 Å². The number of benzene rings is 1. The number of para-hydroxylation sites is 2. The second-order valence-electron chi connectivity index (χ2n) is 7.31. The molecule has 0 radical (unpaired) electrons. The Morgan fingerprint density at radius 2 is 1.93 bits per heavy atom. The van der Waals surface area contributed by atoms with Gasteiger partial charge in [0, 0.05) is 13.1 Å². The fourth-order valence-electron chi connectivity index (χ4n) is 4.35. The molecule has 0 aliphatic carbocycles. The summed E-state index contributed by atoms with van der Waals surface area (Å²) in [6.07, 6.45) is 1.71. The lowest BCUT2D eigenvalue weighted by atomic mass is 9.76. The van der Waals surface area contributed by atoms with Crippen LogP contribution in [0, 0.1) is 5.92 Å². The Balaban J connectivity index is 1.44. The van der Waals surface area contributed by atoms with E-state index >= 15 is 0 Å². The summed E-state index contributed by atoms with van der Waals surface area (Å²) in [4.78, 5) is 50.4. The summed E-state index contributed by atoms with van der Waals surface area (Å²) in [5.74, 6) is -1.05. The first-order valence-corrected chi connectivity index (χ1v) is 9.44. The Morgan fingerprint density at radius 1 is 1.21 bits per heavy atom. The van der Waals surface area contributed by atoms with Gasteiger partial charge < -0.3 is 14.6 Å². The number of hydrogen-bond acceptors (Lipinski definition) is 5. The van der Waals surface area contributed by atoms with Gasteiger partial charge in [0.1, 0.15) is 12.1 Å². The number of rotatable bonds is 4. The first kappa shape index (κ1) is 18.3. The third-order valence-electron chi connectivity index (χ3n) is 5.94. The molecule has 1 aromatic heterocycles. The van der Waals surface area contributed by atoms with Crippen molar-refractivity contribution in [3.05, 3.63) is 34.8 Å². The quantitative estimate of drug-likeness (QED) is 0.756. The van der Waals surface area contributed by atoms with Gasteiger partial charge in [0.25, 0.3) is 5.91 Å². The number of carbonyl (C=O) groups is 3. The van der Waals surface area contributed by atoms with Crippen molar-refractivity contribution in [2.24, 2.45) is 5.92 Å². The molecule has 2 aromatic rings. The molecule has 0 unspecified atom stereocenters. The van der Waals surface area contributed by atoms with Crippen molar-refractivity contribution in [1.82, 2.24) is 20.1 Å². The van der Waals surface area contributed by atoms with Gasteiger partial charge in [-0.05, 0) is 37.3 Å². The van der Waals surface area contributed by atoms with Crippen LogP contribution in [-0.4, -0.2) is 45.9 Å². The summed E-state index contributed by atoms with van der Waals surface area (Å²) in [6, 6.07) is 6.52. The zero-order valence-corrected chi connectivity index (χ0v) is 15.6. The van der Waals surface area contributed by atoms with Crippen molar-refractivity contribution < 1.29 is 18.8 Å². The van der Waals surface area contributed by atoms with Gasteiger partial charge in [0.05, 0.1) is 5.52 Å². The number of hydrogen-bond donors (Lipinski definition) is 2. The van der Waals surface area contributed by atoms with E-state index in [1.165, 1.54) is 4.57 Å². The van der Waals surface area contributed by atoms with Gasteiger partial charge in [-0.1, -0.05) is 19.1 Å². The smallest absolute Gasteiger partial charge is 0.408 e. The van der Waals surface area contributed by atoms with Crippen LogP contribution in [0.3, 0.4) is 0 Å². The molecule has 2 aliphatic rings. The number of piperidine rings is 1. The Kier molecular flexibility index (Phi) is 4.44. The Morgan fingerprint density at radius 3 is 2.57 bits per heavy atom.